The van der Waals surface area contributed by atoms with Crippen LogP contribution in [0.15, 0.2) is 18.2 Å². The van der Waals surface area contributed by atoms with Crippen LogP contribution in [0.5, 0.6) is 5.75 Å². The van der Waals surface area contributed by atoms with Gasteiger partial charge in [0.15, 0.2) is 0 Å². The number of piperidine rings is 1. The fourth-order valence-electron chi connectivity index (χ4n) is 3.20. The van der Waals surface area contributed by atoms with Gasteiger partial charge in [0.05, 0.1) is 12.2 Å². The minimum absolute atomic E-state index is 0.284. The summed E-state index contributed by atoms with van der Waals surface area (Å²) < 4.78 is 5.95. The van der Waals surface area contributed by atoms with E-state index in [0.29, 0.717) is 0 Å². The molecule has 0 bridgehead atoms. The quantitative estimate of drug-likeness (QED) is 0.884. The van der Waals surface area contributed by atoms with E-state index >= 15 is 0 Å². The number of hydrogen-bond donors (Lipinski definition) is 1. The third-order valence-electron chi connectivity index (χ3n) is 4.14. The van der Waals surface area contributed by atoms with Crippen LogP contribution in [-0.4, -0.2) is 32.3 Å². The first-order valence-electron chi connectivity index (χ1n) is 7.45. The molecule has 0 aliphatic carbocycles. The second kappa shape index (κ2) is 5.41. The van der Waals surface area contributed by atoms with E-state index in [1.807, 2.05) is 0 Å². The Balaban J connectivity index is 1.79. The molecule has 1 fully saturated rings. The van der Waals surface area contributed by atoms with Crippen LogP contribution in [0.2, 0.25) is 0 Å². The van der Waals surface area contributed by atoms with Gasteiger partial charge in [-0.25, -0.2) is 0 Å². The fraction of sp³-hybridized carbons (Fsp3) is 0.625. The molecule has 0 spiro atoms. The molecule has 3 nitrogen and oxygen atoms in total. The standard InChI is InChI=1S/C16H24N2O/c1-12-5-6-16-15(8-12)18(10-13(2)19-16)11-14-4-3-7-17-9-14/h5-6,8,13-14,17H,3-4,7,9-11H2,1-2H3. The van der Waals surface area contributed by atoms with Crippen LogP contribution in [0, 0.1) is 12.8 Å². The zero-order valence-corrected chi connectivity index (χ0v) is 12.0. The third-order valence-corrected chi connectivity index (χ3v) is 4.14. The Morgan fingerprint density at radius 2 is 2.32 bits per heavy atom. The molecule has 1 aromatic rings. The Hall–Kier alpha value is -1.22. The molecule has 2 atom stereocenters. The number of anilines is 1. The zero-order chi connectivity index (χ0) is 13.2. The van der Waals surface area contributed by atoms with Crippen LogP contribution >= 0.6 is 0 Å². The van der Waals surface area contributed by atoms with Crippen LogP contribution in [0.4, 0.5) is 5.69 Å². The molecular weight excluding hydrogens is 236 g/mol. The predicted octanol–water partition coefficient (Wildman–Crippen LogP) is 2.58. The molecule has 3 heteroatoms. The topological polar surface area (TPSA) is 24.5 Å². The molecule has 2 heterocycles. The Bertz CT molecular complexity index is 440. The highest BCUT2D eigenvalue weighted by Crippen LogP contribution is 2.35. The van der Waals surface area contributed by atoms with Crippen molar-refractivity contribution in [2.45, 2.75) is 32.8 Å². The average Bonchev–Trinajstić information content (AvgIpc) is 2.41. The van der Waals surface area contributed by atoms with Crippen molar-refractivity contribution in [2.24, 2.45) is 5.92 Å². The van der Waals surface area contributed by atoms with Crippen molar-refractivity contribution in [3.8, 4) is 5.75 Å². The summed E-state index contributed by atoms with van der Waals surface area (Å²) in [5, 5.41) is 3.51. The third kappa shape index (κ3) is 2.86. The second-order valence-corrected chi connectivity index (χ2v) is 6.02. The maximum Gasteiger partial charge on any atom is 0.143 e. The first-order valence-corrected chi connectivity index (χ1v) is 7.45. The summed E-state index contributed by atoms with van der Waals surface area (Å²) >= 11 is 0. The van der Waals surface area contributed by atoms with Gasteiger partial charge in [0, 0.05) is 6.54 Å². The van der Waals surface area contributed by atoms with E-state index in [9.17, 15) is 0 Å². The van der Waals surface area contributed by atoms with Gasteiger partial charge in [-0.2, -0.15) is 0 Å². The van der Waals surface area contributed by atoms with E-state index in [1.165, 1.54) is 30.6 Å². The Kier molecular flexibility index (Phi) is 3.65. The van der Waals surface area contributed by atoms with Crippen molar-refractivity contribution in [1.82, 2.24) is 5.32 Å². The SMILES string of the molecule is Cc1ccc2c(c1)N(CC1CCCNC1)CC(C)O2. The lowest BCUT2D eigenvalue weighted by atomic mass is 9.98. The molecule has 19 heavy (non-hydrogen) atoms. The summed E-state index contributed by atoms with van der Waals surface area (Å²) in [5.41, 5.74) is 2.59. The van der Waals surface area contributed by atoms with Crippen LogP contribution in [0.3, 0.4) is 0 Å². The molecule has 104 valence electrons. The van der Waals surface area contributed by atoms with Gasteiger partial charge in [0.1, 0.15) is 11.9 Å². The van der Waals surface area contributed by atoms with Crippen LogP contribution < -0.4 is 15.0 Å². The second-order valence-electron chi connectivity index (χ2n) is 6.02. The van der Waals surface area contributed by atoms with Crippen molar-refractivity contribution >= 4 is 5.69 Å². The molecule has 0 amide bonds. The van der Waals surface area contributed by atoms with E-state index < -0.39 is 0 Å². The number of fused-ring (bicyclic) bond motifs is 1. The van der Waals surface area contributed by atoms with Gasteiger partial charge in [-0.1, -0.05) is 6.07 Å². The minimum Gasteiger partial charge on any atom is -0.487 e. The molecule has 2 aliphatic rings. The first kappa shape index (κ1) is 12.8. The molecule has 1 N–H and O–H groups in total. The molecule has 2 aliphatic heterocycles. The first-order chi connectivity index (χ1) is 9.22. The van der Waals surface area contributed by atoms with Gasteiger partial charge in [-0.15, -0.1) is 0 Å². The highest BCUT2D eigenvalue weighted by Gasteiger charge is 2.25. The van der Waals surface area contributed by atoms with Crippen molar-refractivity contribution in [2.75, 3.05) is 31.1 Å². The number of nitrogens with one attached hydrogen (secondary N) is 1. The smallest absolute Gasteiger partial charge is 0.143 e. The lowest BCUT2D eigenvalue weighted by molar-refractivity contribution is 0.208. The number of aryl methyl sites for hydroxylation is 1. The highest BCUT2D eigenvalue weighted by atomic mass is 16.5. The lowest BCUT2D eigenvalue weighted by Gasteiger charge is -2.38. The van der Waals surface area contributed by atoms with Gasteiger partial charge in [0.2, 0.25) is 0 Å². The van der Waals surface area contributed by atoms with Crippen molar-refractivity contribution in [1.29, 1.82) is 0 Å². The Morgan fingerprint density at radius 1 is 1.42 bits per heavy atom. The maximum atomic E-state index is 5.95. The van der Waals surface area contributed by atoms with Gasteiger partial charge >= 0.3 is 0 Å². The monoisotopic (exact) mass is 260 g/mol. The summed E-state index contributed by atoms with van der Waals surface area (Å²) in [5.74, 6) is 1.82. The lowest BCUT2D eigenvalue weighted by Crippen LogP contribution is -2.44. The van der Waals surface area contributed by atoms with Crippen molar-refractivity contribution in [3.05, 3.63) is 23.8 Å². The van der Waals surface area contributed by atoms with E-state index in [-0.39, 0.29) is 6.10 Å². The molecule has 1 aromatic carbocycles. The number of ether oxygens (including phenoxy) is 1. The van der Waals surface area contributed by atoms with Crippen LogP contribution in [0.1, 0.15) is 25.3 Å². The molecule has 0 radical (unpaired) electrons. The van der Waals surface area contributed by atoms with Crippen molar-refractivity contribution < 1.29 is 4.74 Å². The molecule has 2 unspecified atom stereocenters. The summed E-state index contributed by atoms with van der Waals surface area (Å²) in [7, 11) is 0. The molecule has 3 rings (SSSR count). The maximum absolute atomic E-state index is 5.95. The van der Waals surface area contributed by atoms with E-state index in [2.05, 4.69) is 42.3 Å². The predicted molar refractivity (Wildman–Crippen MR) is 79.1 cm³/mol. The fourth-order valence-corrected chi connectivity index (χ4v) is 3.20. The van der Waals surface area contributed by atoms with Gasteiger partial charge in [-0.05, 0) is 63.4 Å². The number of rotatable bonds is 2. The van der Waals surface area contributed by atoms with E-state index in [4.69, 9.17) is 4.74 Å². The Morgan fingerprint density at radius 3 is 3.11 bits per heavy atom. The van der Waals surface area contributed by atoms with Crippen LogP contribution in [-0.2, 0) is 0 Å². The summed E-state index contributed by atoms with van der Waals surface area (Å²) in [6.45, 7) is 8.82. The molecule has 0 saturated carbocycles. The summed E-state index contributed by atoms with van der Waals surface area (Å²) in [6, 6.07) is 6.52. The summed E-state index contributed by atoms with van der Waals surface area (Å²) in [4.78, 5) is 2.52. The van der Waals surface area contributed by atoms with Crippen molar-refractivity contribution in [3.63, 3.8) is 0 Å². The number of benzene rings is 1. The largest absolute Gasteiger partial charge is 0.487 e. The van der Waals surface area contributed by atoms with Gasteiger partial charge < -0.3 is 15.0 Å². The Labute approximate surface area is 115 Å². The van der Waals surface area contributed by atoms with Gasteiger partial charge in [-0.3, -0.25) is 0 Å². The normalized spacial score (nSPS) is 26.7. The van der Waals surface area contributed by atoms with Gasteiger partial charge in [0.25, 0.3) is 0 Å². The highest BCUT2D eigenvalue weighted by molar-refractivity contribution is 5.61. The number of hydrogen-bond acceptors (Lipinski definition) is 3. The molecule has 1 saturated heterocycles. The number of nitrogens with zero attached hydrogens (tertiary/aromatic N) is 1. The van der Waals surface area contributed by atoms with E-state index in [0.717, 1.165) is 31.3 Å². The van der Waals surface area contributed by atoms with Crippen LogP contribution in [0.25, 0.3) is 0 Å². The molecular formula is C16H24N2O. The minimum atomic E-state index is 0.284. The average molecular weight is 260 g/mol. The van der Waals surface area contributed by atoms with E-state index in [1.54, 1.807) is 0 Å². The molecule has 0 aromatic heterocycles. The zero-order valence-electron chi connectivity index (χ0n) is 12.0. The summed E-state index contributed by atoms with van der Waals surface area (Å²) in [6.07, 6.45) is 2.94.